The second-order valence-corrected chi connectivity index (χ2v) is 9.57. The Morgan fingerprint density at radius 2 is 1.62 bits per heavy atom. The van der Waals surface area contributed by atoms with Crippen molar-refractivity contribution in [2.45, 2.75) is 39.1 Å². The maximum Gasteiger partial charge on any atom is 0.491 e. The van der Waals surface area contributed by atoms with E-state index in [1.54, 1.807) is 31.2 Å². The van der Waals surface area contributed by atoms with Gasteiger partial charge in [-0.2, -0.15) is 13.2 Å². The smallest absolute Gasteiger partial charge is 0.491 e. The maximum absolute atomic E-state index is 13.5. The number of nitrogens with one attached hydrogen (secondary N) is 4. The fourth-order valence-corrected chi connectivity index (χ4v) is 3.87. The number of carbonyl (C=O) groups excluding carboxylic acids is 3. The number of ether oxygens (including phenoxy) is 4. The first-order valence-corrected chi connectivity index (χ1v) is 13.4. The van der Waals surface area contributed by atoms with Crippen LogP contribution in [0.4, 0.5) is 18.9 Å². The standard InChI is InChI=1S/C30H32F3N5O7/c1-5-43-24-14-18(8-13-22(24)44-16(2)3)25(28(40)38-37-27(39)17-6-10-20(42-4)11-7-17)36-19-9-12-21(26(34)35)23(15-19)45-29(41)30(31,32)33/h6-16,25,36H,5H2,1-4H3,(H3,34,35)(H,37,39)(H,38,40). The highest BCUT2D eigenvalue weighted by Gasteiger charge is 2.42. The minimum absolute atomic E-state index is 0.00655. The van der Waals surface area contributed by atoms with Gasteiger partial charge in [0.1, 0.15) is 23.4 Å². The number of benzene rings is 3. The Bertz CT molecular complexity index is 1550. The normalized spacial score (nSPS) is 11.6. The van der Waals surface area contributed by atoms with Gasteiger partial charge >= 0.3 is 12.1 Å². The van der Waals surface area contributed by atoms with E-state index < -0.39 is 41.6 Å². The summed E-state index contributed by atoms with van der Waals surface area (Å²) in [7, 11) is 1.47. The van der Waals surface area contributed by atoms with Crippen molar-refractivity contribution in [1.82, 2.24) is 10.9 Å². The quantitative estimate of drug-likeness (QED) is 0.0644. The van der Waals surface area contributed by atoms with Crippen LogP contribution in [0.15, 0.2) is 60.7 Å². The Hall–Kier alpha value is -5.47. The van der Waals surface area contributed by atoms with Gasteiger partial charge in [0, 0.05) is 17.3 Å². The van der Waals surface area contributed by atoms with E-state index in [1.165, 1.54) is 31.4 Å². The fourth-order valence-electron chi connectivity index (χ4n) is 3.87. The van der Waals surface area contributed by atoms with Crippen LogP contribution in [-0.4, -0.2) is 49.6 Å². The highest BCUT2D eigenvalue weighted by molar-refractivity contribution is 5.99. The summed E-state index contributed by atoms with van der Waals surface area (Å²) in [5.74, 6) is -4.08. The molecule has 0 saturated carbocycles. The largest absolute Gasteiger partial charge is 0.497 e. The predicted octanol–water partition coefficient (Wildman–Crippen LogP) is 4.25. The Balaban J connectivity index is 1.99. The molecule has 0 aromatic heterocycles. The molecule has 0 aliphatic carbocycles. The van der Waals surface area contributed by atoms with Crippen LogP contribution < -0.4 is 40.8 Å². The zero-order valence-electron chi connectivity index (χ0n) is 24.7. The molecule has 0 aliphatic heterocycles. The number of amidine groups is 1. The molecule has 3 aromatic rings. The molecule has 0 fully saturated rings. The minimum atomic E-state index is -5.32. The van der Waals surface area contributed by atoms with E-state index in [4.69, 9.17) is 25.4 Å². The Morgan fingerprint density at radius 3 is 2.20 bits per heavy atom. The van der Waals surface area contributed by atoms with E-state index in [2.05, 4.69) is 20.9 Å². The zero-order chi connectivity index (χ0) is 33.3. The number of halogens is 3. The monoisotopic (exact) mass is 631 g/mol. The summed E-state index contributed by atoms with van der Waals surface area (Å²) in [6, 6.07) is 12.9. The first kappa shape index (κ1) is 34.0. The molecular weight excluding hydrogens is 599 g/mol. The number of hydrogen-bond donors (Lipinski definition) is 5. The lowest BCUT2D eigenvalue weighted by Gasteiger charge is -2.23. The summed E-state index contributed by atoms with van der Waals surface area (Å²) in [6.45, 7) is 5.66. The van der Waals surface area contributed by atoms with Crippen molar-refractivity contribution < 1.29 is 46.5 Å². The molecule has 0 radical (unpaired) electrons. The van der Waals surface area contributed by atoms with E-state index >= 15 is 0 Å². The summed E-state index contributed by atoms with van der Waals surface area (Å²) >= 11 is 0. The molecule has 3 rings (SSSR count). The molecule has 0 heterocycles. The number of anilines is 1. The topological polar surface area (TPSA) is 174 Å². The van der Waals surface area contributed by atoms with Crippen molar-refractivity contribution in [1.29, 1.82) is 5.41 Å². The van der Waals surface area contributed by atoms with Gasteiger partial charge in [0.05, 0.1) is 25.4 Å². The number of amides is 2. The van der Waals surface area contributed by atoms with Gasteiger partial charge in [0.2, 0.25) is 0 Å². The summed E-state index contributed by atoms with van der Waals surface area (Å²) in [5.41, 5.74) is 10.3. The van der Waals surface area contributed by atoms with Gasteiger partial charge in [0.25, 0.3) is 11.8 Å². The minimum Gasteiger partial charge on any atom is -0.497 e. The number of esters is 1. The lowest BCUT2D eigenvalue weighted by atomic mass is 10.0. The molecule has 3 aromatic carbocycles. The lowest BCUT2D eigenvalue weighted by Crippen LogP contribution is -2.45. The van der Waals surface area contributed by atoms with Crippen molar-refractivity contribution in [3.63, 3.8) is 0 Å². The van der Waals surface area contributed by atoms with Crippen LogP contribution in [0.1, 0.15) is 48.3 Å². The number of hydrazine groups is 1. The fraction of sp³-hybridized carbons (Fsp3) is 0.267. The molecule has 15 heteroatoms. The molecule has 45 heavy (non-hydrogen) atoms. The van der Waals surface area contributed by atoms with Gasteiger partial charge in [0.15, 0.2) is 11.5 Å². The Kier molecular flexibility index (Phi) is 11.2. The van der Waals surface area contributed by atoms with E-state index in [9.17, 15) is 27.6 Å². The van der Waals surface area contributed by atoms with Gasteiger partial charge in [-0.3, -0.25) is 25.8 Å². The van der Waals surface area contributed by atoms with Gasteiger partial charge in [-0.25, -0.2) is 4.79 Å². The number of carbonyl (C=O) groups is 3. The van der Waals surface area contributed by atoms with Crippen LogP contribution in [0, 0.1) is 5.41 Å². The molecule has 0 aliphatic rings. The van der Waals surface area contributed by atoms with Crippen LogP contribution in [0.25, 0.3) is 0 Å². The number of rotatable bonds is 12. The van der Waals surface area contributed by atoms with Crippen LogP contribution in [0.2, 0.25) is 0 Å². The second kappa shape index (κ2) is 14.8. The van der Waals surface area contributed by atoms with Crippen molar-refractivity contribution >= 4 is 29.3 Å². The molecule has 2 amide bonds. The summed E-state index contributed by atoms with van der Waals surface area (Å²) in [4.78, 5) is 37.8. The highest BCUT2D eigenvalue weighted by Crippen LogP contribution is 2.34. The van der Waals surface area contributed by atoms with Gasteiger partial charge in [-0.15, -0.1) is 0 Å². The summed E-state index contributed by atoms with van der Waals surface area (Å²) in [5, 5.41) is 10.5. The third-order valence-electron chi connectivity index (χ3n) is 5.89. The lowest BCUT2D eigenvalue weighted by molar-refractivity contribution is -0.189. The van der Waals surface area contributed by atoms with Crippen LogP contribution in [0.5, 0.6) is 23.0 Å². The number of hydrogen-bond acceptors (Lipinski definition) is 9. The summed E-state index contributed by atoms with van der Waals surface area (Å²) < 4.78 is 59.9. The predicted molar refractivity (Wildman–Crippen MR) is 157 cm³/mol. The first-order valence-electron chi connectivity index (χ1n) is 13.4. The Labute approximate surface area is 256 Å². The van der Waals surface area contributed by atoms with Gasteiger partial charge in [-0.05, 0) is 74.9 Å². The number of alkyl halides is 3. The molecular formula is C30H32F3N5O7. The van der Waals surface area contributed by atoms with Gasteiger partial charge < -0.3 is 30.0 Å². The van der Waals surface area contributed by atoms with Gasteiger partial charge in [-0.1, -0.05) is 6.07 Å². The van der Waals surface area contributed by atoms with Crippen molar-refractivity contribution in [2.24, 2.45) is 5.73 Å². The zero-order valence-corrected chi connectivity index (χ0v) is 24.7. The molecule has 0 bridgehead atoms. The molecule has 12 nitrogen and oxygen atoms in total. The molecule has 6 N–H and O–H groups in total. The summed E-state index contributed by atoms with van der Waals surface area (Å²) in [6.07, 6.45) is -5.52. The SMILES string of the molecule is CCOc1cc(C(Nc2ccc(C(=N)N)c(OC(=O)C(F)(F)F)c2)C(=O)NNC(=O)c2ccc(OC)cc2)ccc1OC(C)C. The van der Waals surface area contributed by atoms with Crippen LogP contribution >= 0.6 is 0 Å². The van der Waals surface area contributed by atoms with Crippen molar-refractivity contribution in [2.75, 3.05) is 19.0 Å². The van der Waals surface area contributed by atoms with Crippen LogP contribution in [0.3, 0.4) is 0 Å². The molecule has 240 valence electrons. The van der Waals surface area contributed by atoms with E-state index in [-0.39, 0.29) is 29.5 Å². The average Bonchev–Trinajstić information content (AvgIpc) is 2.98. The Morgan fingerprint density at radius 1 is 0.933 bits per heavy atom. The van der Waals surface area contributed by atoms with E-state index in [0.717, 1.165) is 12.1 Å². The number of methoxy groups -OCH3 is 1. The number of nitrogens with two attached hydrogens (primary N) is 1. The molecule has 1 atom stereocenters. The number of nitrogen functional groups attached to an aromatic ring is 1. The molecule has 1 unspecified atom stereocenters. The first-order chi connectivity index (χ1) is 21.2. The van der Waals surface area contributed by atoms with Crippen LogP contribution in [-0.2, 0) is 9.59 Å². The third kappa shape index (κ3) is 9.26. The van der Waals surface area contributed by atoms with Crippen molar-refractivity contribution in [3.8, 4) is 23.0 Å². The maximum atomic E-state index is 13.5. The van der Waals surface area contributed by atoms with Crippen molar-refractivity contribution in [3.05, 3.63) is 77.4 Å². The third-order valence-corrected chi connectivity index (χ3v) is 5.89. The van der Waals surface area contributed by atoms with E-state index in [1.807, 2.05) is 13.8 Å². The molecule has 0 saturated heterocycles. The second-order valence-electron chi connectivity index (χ2n) is 9.57. The highest BCUT2D eigenvalue weighted by atomic mass is 19.4. The molecule has 0 spiro atoms. The average molecular weight is 632 g/mol. The van der Waals surface area contributed by atoms with E-state index in [0.29, 0.717) is 22.8 Å².